The van der Waals surface area contributed by atoms with Crippen molar-refractivity contribution >= 4 is 23.1 Å². The first-order chi connectivity index (χ1) is 12.4. The lowest BCUT2D eigenvalue weighted by Gasteiger charge is -2.38. The highest BCUT2D eigenvalue weighted by molar-refractivity contribution is 8.14. The van der Waals surface area contributed by atoms with E-state index in [4.69, 9.17) is 9.84 Å². The summed E-state index contributed by atoms with van der Waals surface area (Å²) >= 11 is 1.50. The highest BCUT2D eigenvalue weighted by Gasteiger charge is 2.41. The fourth-order valence-electron chi connectivity index (χ4n) is 2.55. The molecule has 3 rings (SSSR count). The van der Waals surface area contributed by atoms with Crippen LogP contribution in [0.15, 0.2) is 29.3 Å². The van der Waals surface area contributed by atoms with Gasteiger partial charge in [-0.05, 0) is 19.1 Å². The molecule has 1 aromatic rings. The predicted molar refractivity (Wildman–Crippen MR) is 96.4 cm³/mol. The highest BCUT2D eigenvalue weighted by atomic mass is 32.2. The molecule has 1 saturated heterocycles. The lowest BCUT2D eigenvalue weighted by atomic mass is 9.96. The molecule has 0 bridgehead atoms. The second-order valence-electron chi connectivity index (χ2n) is 6.00. The molecule has 6 atom stereocenters. The number of aliphatic hydroxyl groups excluding tert-OH is 4. The van der Waals surface area contributed by atoms with Crippen molar-refractivity contribution in [1.82, 2.24) is 0 Å². The normalized spacial score (nSPS) is 33.8. The molecule has 0 aliphatic carbocycles. The van der Waals surface area contributed by atoms with Crippen LogP contribution in [0, 0.1) is 0 Å². The Balaban J connectivity index is 0.000000190. The lowest BCUT2D eigenvalue weighted by molar-refractivity contribution is -0.224. The van der Waals surface area contributed by atoms with E-state index in [1.165, 1.54) is 11.8 Å². The maximum Gasteiger partial charge on any atom is 0.145 e. The van der Waals surface area contributed by atoms with Crippen molar-refractivity contribution < 1.29 is 35.1 Å². The molecule has 5 N–H and O–H groups in total. The quantitative estimate of drug-likeness (QED) is 0.431. The Bertz CT molecular complexity index is 637. The lowest BCUT2D eigenvalue weighted by Crippen LogP contribution is -2.57. The van der Waals surface area contributed by atoms with Gasteiger partial charge >= 0.3 is 0 Å². The number of phenols is 1. The predicted octanol–water partition coefficient (Wildman–Crippen LogP) is -0.698. The molecular formula is C17H23NO7S. The van der Waals surface area contributed by atoms with E-state index in [1.54, 1.807) is 25.1 Å². The molecule has 2 aliphatic heterocycles. The summed E-state index contributed by atoms with van der Waals surface area (Å²) in [6.07, 6.45) is -4.10. The molecule has 1 fully saturated rings. The molecule has 5 unspecified atom stereocenters. The van der Waals surface area contributed by atoms with E-state index in [0.29, 0.717) is 11.3 Å². The second-order valence-corrected chi connectivity index (χ2v) is 7.01. The Morgan fingerprint density at radius 3 is 2.50 bits per heavy atom. The number of rotatable bonds is 3. The van der Waals surface area contributed by atoms with E-state index in [2.05, 4.69) is 4.99 Å². The van der Waals surface area contributed by atoms with Gasteiger partial charge in [-0.1, -0.05) is 12.1 Å². The number of aldehydes is 1. The molecule has 2 aliphatic rings. The van der Waals surface area contributed by atoms with Gasteiger partial charge in [-0.2, -0.15) is 0 Å². The number of aliphatic hydroxyl groups is 4. The number of aliphatic imine (C=N–C) groups is 1. The number of hydrogen-bond acceptors (Lipinski definition) is 9. The van der Waals surface area contributed by atoms with E-state index in [1.807, 2.05) is 6.07 Å². The summed E-state index contributed by atoms with van der Waals surface area (Å²) < 4.78 is 5.02. The summed E-state index contributed by atoms with van der Waals surface area (Å²) in [7, 11) is 0. The van der Waals surface area contributed by atoms with E-state index in [-0.39, 0.29) is 18.4 Å². The monoisotopic (exact) mass is 385 g/mol. The van der Waals surface area contributed by atoms with Crippen molar-refractivity contribution in [3.05, 3.63) is 29.8 Å². The number of carbonyl (C=O) groups is 1. The number of hydrogen-bond donors (Lipinski definition) is 5. The van der Waals surface area contributed by atoms with E-state index in [0.717, 1.165) is 11.3 Å². The van der Waals surface area contributed by atoms with Crippen molar-refractivity contribution in [3.63, 3.8) is 0 Å². The van der Waals surface area contributed by atoms with Gasteiger partial charge in [0.1, 0.15) is 47.5 Å². The minimum absolute atomic E-state index is 0.213. The van der Waals surface area contributed by atoms with E-state index >= 15 is 0 Å². The van der Waals surface area contributed by atoms with Crippen LogP contribution < -0.4 is 0 Å². The number of aromatic hydroxyl groups is 1. The van der Waals surface area contributed by atoms with E-state index in [9.17, 15) is 25.2 Å². The van der Waals surface area contributed by atoms with Gasteiger partial charge in [-0.25, -0.2) is 0 Å². The first-order valence-electron chi connectivity index (χ1n) is 8.13. The SMILES string of the molecule is CC1OC(CO)C(O)C(O)[C@H]1O.O=CC1CSC(c2ccccc2O)=N1. The molecule has 8 nitrogen and oxygen atoms in total. The summed E-state index contributed by atoms with van der Waals surface area (Å²) in [6, 6.07) is 6.76. The van der Waals surface area contributed by atoms with Gasteiger partial charge in [0, 0.05) is 11.3 Å². The van der Waals surface area contributed by atoms with Crippen LogP contribution in [0.5, 0.6) is 5.75 Å². The number of ether oxygens (including phenoxy) is 1. The number of para-hydroxylation sites is 1. The summed E-state index contributed by atoms with van der Waals surface area (Å²) in [5.74, 6) is 0.887. The summed E-state index contributed by atoms with van der Waals surface area (Å²) in [6.45, 7) is 1.21. The Labute approximate surface area is 155 Å². The highest BCUT2D eigenvalue weighted by Crippen LogP contribution is 2.27. The number of nitrogens with zero attached hydrogens (tertiary/aromatic N) is 1. The third-order valence-electron chi connectivity index (χ3n) is 4.10. The Kier molecular flexibility index (Phi) is 7.56. The van der Waals surface area contributed by atoms with Crippen LogP contribution >= 0.6 is 11.8 Å². The number of thioether (sulfide) groups is 1. The van der Waals surface area contributed by atoms with Crippen molar-refractivity contribution in [2.75, 3.05) is 12.4 Å². The number of carbonyl (C=O) groups excluding carboxylic acids is 1. The largest absolute Gasteiger partial charge is 0.507 e. The van der Waals surface area contributed by atoms with Gasteiger partial charge in [-0.15, -0.1) is 11.8 Å². The van der Waals surface area contributed by atoms with Gasteiger partial charge in [-0.3, -0.25) is 4.99 Å². The van der Waals surface area contributed by atoms with Crippen molar-refractivity contribution in [2.45, 2.75) is 43.5 Å². The van der Waals surface area contributed by atoms with Gasteiger partial charge < -0.3 is 35.1 Å². The molecule has 0 spiro atoms. The summed E-state index contributed by atoms with van der Waals surface area (Å²) in [5.41, 5.74) is 0.710. The average Bonchev–Trinajstić information content (AvgIpc) is 3.13. The summed E-state index contributed by atoms with van der Waals surface area (Å²) in [4.78, 5) is 14.7. The molecule has 9 heteroatoms. The summed E-state index contributed by atoms with van der Waals surface area (Å²) in [5, 5.41) is 46.7. The molecular weight excluding hydrogens is 362 g/mol. The van der Waals surface area contributed by atoms with Gasteiger partial charge in [0.15, 0.2) is 0 Å². The van der Waals surface area contributed by atoms with Crippen LogP contribution in [-0.2, 0) is 9.53 Å². The smallest absolute Gasteiger partial charge is 0.145 e. The topological polar surface area (TPSA) is 140 Å². The zero-order valence-electron chi connectivity index (χ0n) is 14.2. The molecule has 0 amide bonds. The van der Waals surface area contributed by atoms with Crippen LogP contribution in [0.1, 0.15) is 12.5 Å². The van der Waals surface area contributed by atoms with Crippen LogP contribution in [0.25, 0.3) is 0 Å². The minimum Gasteiger partial charge on any atom is -0.507 e. The molecule has 2 heterocycles. The van der Waals surface area contributed by atoms with Gasteiger partial charge in [0.2, 0.25) is 0 Å². The third-order valence-corrected chi connectivity index (χ3v) is 5.20. The number of benzene rings is 1. The maximum absolute atomic E-state index is 10.5. The minimum atomic E-state index is -1.24. The molecule has 0 saturated carbocycles. The Hall–Kier alpha value is -1.49. The van der Waals surface area contributed by atoms with Crippen LogP contribution in [0.3, 0.4) is 0 Å². The fraction of sp³-hybridized carbons (Fsp3) is 0.529. The van der Waals surface area contributed by atoms with Crippen molar-refractivity contribution in [1.29, 1.82) is 0 Å². The zero-order valence-corrected chi connectivity index (χ0v) is 15.0. The molecule has 26 heavy (non-hydrogen) atoms. The molecule has 144 valence electrons. The van der Waals surface area contributed by atoms with E-state index < -0.39 is 30.5 Å². The Morgan fingerprint density at radius 1 is 1.23 bits per heavy atom. The zero-order chi connectivity index (χ0) is 19.3. The number of phenolic OH excluding ortho intramolecular Hbond substituents is 1. The second kappa shape index (κ2) is 9.45. The first kappa shape index (κ1) is 20.8. The Morgan fingerprint density at radius 2 is 1.92 bits per heavy atom. The van der Waals surface area contributed by atoms with Gasteiger partial charge in [0.25, 0.3) is 0 Å². The maximum atomic E-state index is 10.5. The third kappa shape index (κ3) is 4.81. The van der Waals surface area contributed by atoms with Gasteiger partial charge in [0.05, 0.1) is 12.7 Å². The standard InChI is InChI=1S/C10H9NO2S.C7H14O5/c12-5-7-6-14-10(11-7)8-3-1-2-4-9(8)13;1-3-5(9)7(11)6(10)4(2-8)12-3/h1-5,7,13H,6H2;3-11H,2H2,1H3/t;3?,4?,5-,6?,7?/m.0/s1. The first-order valence-corrected chi connectivity index (χ1v) is 9.12. The van der Waals surface area contributed by atoms with Crippen molar-refractivity contribution in [3.8, 4) is 5.75 Å². The molecule has 0 aromatic heterocycles. The molecule has 0 radical (unpaired) electrons. The van der Waals surface area contributed by atoms with Crippen LogP contribution in [-0.4, -0.2) is 85.8 Å². The van der Waals surface area contributed by atoms with Crippen LogP contribution in [0.2, 0.25) is 0 Å². The molecule has 1 aromatic carbocycles. The van der Waals surface area contributed by atoms with Crippen molar-refractivity contribution in [2.24, 2.45) is 4.99 Å². The fourth-order valence-corrected chi connectivity index (χ4v) is 3.57. The van der Waals surface area contributed by atoms with Crippen LogP contribution in [0.4, 0.5) is 0 Å². The average molecular weight is 385 g/mol.